The number of thiophene rings is 1. The van der Waals surface area contributed by atoms with Gasteiger partial charge in [0.15, 0.2) is 11.0 Å². The van der Waals surface area contributed by atoms with Gasteiger partial charge < -0.3 is 5.32 Å². The molecule has 0 radical (unpaired) electrons. The van der Waals surface area contributed by atoms with Crippen LogP contribution in [0.25, 0.3) is 0 Å². The Morgan fingerprint density at radius 3 is 2.74 bits per heavy atom. The third-order valence-electron chi connectivity index (χ3n) is 3.94. The largest absolute Gasteiger partial charge is 0.333 e. The summed E-state index contributed by atoms with van der Waals surface area (Å²) in [5.41, 5.74) is 5.32. The van der Waals surface area contributed by atoms with Gasteiger partial charge in [-0.1, -0.05) is 30.5 Å². The van der Waals surface area contributed by atoms with Gasteiger partial charge >= 0.3 is 6.03 Å². The molecule has 1 saturated carbocycles. The van der Waals surface area contributed by atoms with Gasteiger partial charge in [0.1, 0.15) is 0 Å². The van der Waals surface area contributed by atoms with Crippen molar-refractivity contribution in [1.82, 2.24) is 20.9 Å². The number of carbonyl (C=O) groups excluding carboxylic acids is 1. The minimum atomic E-state index is -0.285. The average molecular weight is 352 g/mol. The zero-order valence-electron chi connectivity index (χ0n) is 12.5. The average Bonchev–Trinajstić information content (AvgIpc) is 3.25. The van der Waals surface area contributed by atoms with Gasteiger partial charge in [-0.05, 0) is 42.3 Å². The summed E-state index contributed by atoms with van der Waals surface area (Å²) in [6.07, 6.45) is 4.76. The first-order chi connectivity index (χ1) is 11.2. The van der Waals surface area contributed by atoms with Gasteiger partial charge in [0, 0.05) is 4.88 Å². The Balaban J connectivity index is 1.58. The van der Waals surface area contributed by atoms with Gasteiger partial charge in [-0.3, -0.25) is 10.9 Å². The van der Waals surface area contributed by atoms with Crippen LogP contribution in [0.1, 0.15) is 36.6 Å². The van der Waals surface area contributed by atoms with Crippen LogP contribution >= 0.6 is 22.9 Å². The van der Waals surface area contributed by atoms with Crippen LogP contribution in [0.15, 0.2) is 29.6 Å². The Labute approximate surface area is 143 Å². The topological polar surface area (TPSA) is 78.9 Å². The maximum absolute atomic E-state index is 12.2. The van der Waals surface area contributed by atoms with Crippen LogP contribution in [0.3, 0.4) is 0 Å². The van der Waals surface area contributed by atoms with Crippen LogP contribution in [0, 0.1) is 5.92 Å². The summed E-state index contributed by atoms with van der Waals surface area (Å²) < 4.78 is 0. The second kappa shape index (κ2) is 7.61. The van der Waals surface area contributed by atoms with E-state index in [2.05, 4.69) is 32.4 Å². The smallest absolute Gasteiger partial charge is 0.329 e. The van der Waals surface area contributed by atoms with Crippen molar-refractivity contribution in [3.63, 3.8) is 0 Å². The number of aromatic nitrogens is 2. The minimum absolute atomic E-state index is 0.0515. The van der Waals surface area contributed by atoms with Crippen LogP contribution in [0.2, 0.25) is 5.15 Å². The fourth-order valence-corrected chi connectivity index (χ4v) is 3.83. The van der Waals surface area contributed by atoms with Gasteiger partial charge in [-0.15, -0.1) is 21.5 Å². The molecule has 1 fully saturated rings. The van der Waals surface area contributed by atoms with E-state index in [1.165, 1.54) is 17.7 Å². The third-order valence-corrected chi connectivity index (χ3v) is 5.10. The number of urea groups is 1. The van der Waals surface area contributed by atoms with Gasteiger partial charge in [-0.2, -0.15) is 0 Å². The molecule has 0 spiro atoms. The summed E-state index contributed by atoms with van der Waals surface area (Å²) in [7, 11) is 0. The number of amides is 2. The van der Waals surface area contributed by atoms with Gasteiger partial charge in [0.2, 0.25) is 0 Å². The number of hydrazine groups is 1. The summed E-state index contributed by atoms with van der Waals surface area (Å²) in [5.74, 6) is 0.924. The first kappa shape index (κ1) is 16.0. The number of hydrogen-bond acceptors (Lipinski definition) is 5. The maximum Gasteiger partial charge on any atom is 0.333 e. The van der Waals surface area contributed by atoms with Crippen LogP contribution < -0.4 is 16.2 Å². The molecule has 0 bridgehead atoms. The first-order valence-electron chi connectivity index (χ1n) is 7.57. The fourth-order valence-electron chi connectivity index (χ4n) is 2.86. The van der Waals surface area contributed by atoms with E-state index in [9.17, 15) is 4.79 Å². The predicted octanol–water partition coefficient (Wildman–Crippen LogP) is 3.75. The van der Waals surface area contributed by atoms with Crippen LogP contribution in [-0.4, -0.2) is 16.2 Å². The molecule has 3 rings (SSSR count). The Morgan fingerprint density at radius 1 is 1.26 bits per heavy atom. The lowest BCUT2D eigenvalue weighted by molar-refractivity contribution is 0.233. The molecule has 6 nitrogen and oxygen atoms in total. The minimum Gasteiger partial charge on any atom is -0.329 e. The molecule has 8 heteroatoms. The van der Waals surface area contributed by atoms with Crippen molar-refractivity contribution in [2.45, 2.75) is 31.7 Å². The Hall–Kier alpha value is -1.86. The number of halogens is 1. The summed E-state index contributed by atoms with van der Waals surface area (Å²) in [6, 6.07) is 7.10. The van der Waals surface area contributed by atoms with Crippen molar-refractivity contribution in [2.75, 3.05) is 5.43 Å². The van der Waals surface area contributed by atoms with E-state index in [4.69, 9.17) is 11.6 Å². The molecule has 2 aromatic rings. The quantitative estimate of drug-likeness (QED) is 0.717. The van der Waals surface area contributed by atoms with E-state index < -0.39 is 0 Å². The van der Waals surface area contributed by atoms with Crippen molar-refractivity contribution in [3.8, 4) is 0 Å². The molecule has 1 aliphatic rings. The molecule has 0 saturated heterocycles. The zero-order valence-corrected chi connectivity index (χ0v) is 14.0. The molecule has 0 aliphatic heterocycles. The Morgan fingerprint density at radius 2 is 2.09 bits per heavy atom. The number of hydrogen-bond donors (Lipinski definition) is 3. The molecular weight excluding hydrogens is 334 g/mol. The molecular formula is C15H18ClN5OS. The van der Waals surface area contributed by atoms with Crippen LogP contribution in [0.5, 0.6) is 0 Å². The number of rotatable bonds is 5. The molecule has 1 atom stereocenters. The van der Waals surface area contributed by atoms with E-state index in [0.29, 0.717) is 16.9 Å². The third kappa shape index (κ3) is 4.33. The van der Waals surface area contributed by atoms with E-state index in [1.54, 1.807) is 23.5 Å². The van der Waals surface area contributed by atoms with Gasteiger partial charge in [-0.25, -0.2) is 4.79 Å². The first-order valence-corrected chi connectivity index (χ1v) is 8.83. The highest BCUT2D eigenvalue weighted by Crippen LogP contribution is 2.37. The lowest BCUT2D eigenvalue weighted by Gasteiger charge is -2.24. The number of nitrogens with zero attached hydrogens (tertiary/aromatic N) is 2. The molecule has 2 amide bonds. The lowest BCUT2D eigenvalue weighted by atomic mass is 9.97. The van der Waals surface area contributed by atoms with Crippen LogP contribution in [0.4, 0.5) is 10.6 Å². The molecule has 2 aromatic heterocycles. The fraction of sp³-hybridized carbons (Fsp3) is 0.400. The summed E-state index contributed by atoms with van der Waals surface area (Å²) in [4.78, 5) is 13.4. The standard InChI is InChI=1S/C15H18ClN5OS/c16-12-7-8-13(19-18-12)20-21-15(22)17-14(10-4-1-2-5-10)11-6-3-9-23-11/h3,6-10,14H,1-2,4-5H2,(H,19,20)(H2,17,21,22)/t14-/m0/s1. The maximum atomic E-state index is 12.2. The Kier molecular flexibility index (Phi) is 5.30. The van der Waals surface area contributed by atoms with Gasteiger partial charge in [0.05, 0.1) is 6.04 Å². The summed E-state index contributed by atoms with van der Waals surface area (Å²) >= 11 is 7.35. The van der Waals surface area contributed by atoms with E-state index in [-0.39, 0.29) is 12.1 Å². The molecule has 1 aliphatic carbocycles. The highest BCUT2D eigenvalue weighted by molar-refractivity contribution is 7.10. The molecule has 0 aromatic carbocycles. The number of carbonyl (C=O) groups is 1. The second-order valence-corrected chi connectivity index (χ2v) is 6.87. The monoisotopic (exact) mass is 351 g/mol. The van der Waals surface area contributed by atoms with Crippen molar-refractivity contribution in [3.05, 3.63) is 39.7 Å². The van der Waals surface area contributed by atoms with Crippen molar-refractivity contribution in [2.24, 2.45) is 5.92 Å². The van der Waals surface area contributed by atoms with Crippen molar-refractivity contribution >= 4 is 34.8 Å². The Bertz CT molecular complexity index is 628. The van der Waals surface area contributed by atoms with E-state index in [0.717, 1.165) is 12.8 Å². The molecule has 0 unspecified atom stereocenters. The highest BCUT2D eigenvalue weighted by atomic mass is 35.5. The van der Waals surface area contributed by atoms with E-state index >= 15 is 0 Å². The molecule has 2 heterocycles. The second-order valence-electron chi connectivity index (χ2n) is 5.50. The number of nitrogens with one attached hydrogen (secondary N) is 3. The van der Waals surface area contributed by atoms with Gasteiger partial charge in [0.25, 0.3) is 0 Å². The predicted molar refractivity (Wildman–Crippen MR) is 91.4 cm³/mol. The van der Waals surface area contributed by atoms with Crippen LogP contribution in [-0.2, 0) is 0 Å². The molecule has 3 N–H and O–H groups in total. The normalized spacial score (nSPS) is 16.0. The molecule has 122 valence electrons. The lowest BCUT2D eigenvalue weighted by Crippen LogP contribution is -2.42. The SMILES string of the molecule is O=C(NNc1ccc(Cl)nn1)N[C@H](c1cccs1)C1CCCC1. The number of anilines is 1. The van der Waals surface area contributed by atoms with Crippen molar-refractivity contribution in [1.29, 1.82) is 0 Å². The zero-order chi connectivity index (χ0) is 16.1. The van der Waals surface area contributed by atoms with E-state index in [1.807, 2.05) is 11.4 Å². The highest BCUT2D eigenvalue weighted by Gasteiger charge is 2.28. The van der Waals surface area contributed by atoms with Crippen molar-refractivity contribution < 1.29 is 4.79 Å². The molecule has 23 heavy (non-hydrogen) atoms. The summed E-state index contributed by atoms with van der Waals surface area (Å²) in [6.45, 7) is 0. The summed E-state index contributed by atoms with van der Waals surface area (Å²) in [5, 5.41) is 12.9.